The summed E-state index contributed by atoms with van der Waals surface area (Å²) in [5.41, 5.74) is 6.41. The number of nitrogens with zero attached hydrogens (tertiary/aromatic N) is 3. The molecule has 0 aliphatic carbocycles. The Morgan fingerprint density at radius 3 is 2.91 bits per heavy atom. The summed E-state index contributed by atoms with van der Waals surface area (Å²) >= 11 is 4.93. The van der Waals surface area contributed by atoms with Crippen LogP contribution in [0.2, 0.25) is 0 Å². The Hall–Kier alpha value is -2.81. The van der Waals surface area contributed by atoms with Crippen molar-refractivity contribution in [3.63, 3.8) is 0 Å². The van der Waals surface area contributed by atoms with Gasteiger partial charge in [0.15, 0.2) is 0 Å². The van der Waals surface area contributed by atoms with Gasteiger partial charge in [-0.05, 0) is 25.1 Å². The van der Waals surface area contributed by atoms with Gasteiger partial charge in [0, 0.05) is 5.56 Å². The first-order valence-corrected chi connectivity index (χ1v) is 6.81. The van der Waals surface area contributed by atoms with E-state index in [4.69, 9.17) is 22.7 Å². The number of esters is 1. The van der Waals surface area contributed by atoms with Crippen LogP contribution in [0, 0.1) is 0 Å². The summed E-state index contributed by atoms with van der Waals surface area (Å²) in [5, 5.41) is 2.54. The Kier molecular flexibility index (Phi) is 3.33. The van der Waals surface area contributed by atoms with E-state index in [1.807, 2.05) is 0 Å². The van der Waals surface area contributed by atoms with Crippen LogP contribution in [-0.4, -0.2) is 37.1 Å². The number of ether oxygens (including phenoxy) is 1. The Balaban J connectivity index is 2.27. The van der Waals surface area contributed by atoms with Crippen LogP contribution in [0.25, 0.3) is 16.8 Å². The number of nitrogens with two attached hydrogens (primary N) is 1. The highest BCUT2D eigenvalue weighted by Crippen LogP contribution is 2.16. The first-order valence-electron chi connectivity index (χ1n) is 6.40. The molecule has 3 rings (SSSR count). The van der Waals surface area contributed by atoms with Crippen LogP contribution in [0.15, 0.2) is 23.0 Å². The molecule has 2 heterocycles. The maximum atomic E-state index is 12.0. The fraction of sp³-hybridized carbons (Fsp3) is 0.154. The third-order valence-corrected chi connectivity index (χ3v) is 3.27. The van der Waals surface area contributed by atoms with Gasteiger partial charge in [-0.15, -0.1) is 0 Å². The van der Waals surface area contributed by atoms with Crippen molar-refractivity contribution in [3.8, 4) is 0 Å². The monoisotopic (exact) mass is 317 g/mol. The highest BCUT2D eigenvalue weighted by Gasteiger charge is 2.17. The molecule has 1 aromatic carbocycles. The molecule has 22 heavy (non-hydrogen) atoms. The molecule has 0 bridgehead atoms. The van der Waals surface area contributed by atoms with E-state index >= 15 is 0 Å². The van der Waals surface area contributed by atoms with Gasteiger partial charge < -0.3 is 10.5 Å². The van der Waals surface area contributed by atoms with E-state index in [-0.39, 0.29) is 23.1 Å². The summed E-state index contributed by atoms with van der Waals surface area (Å²) in [5.74, 6) is -0.611. The molecule has 0 atom stereocenters. The standard InChI is InChI=1S/C13H11N5O3S/c1-2-21-12(20)9-11(19)17-18-8-5-6(10(14)22)3-4-7(8)15-13(18)16-9/h3-5H,2H2,1H3,(H2,14,22)(H,17,19). The van der Waals surface area contributed by atoms with Crippen molar-refractivity contribution in [2.24, 2.45) is 5.73 Å². The molecule has 3 N–H and O–H groups in total. The number of benzene rings is 1. The van der Waals surface area contributed by atoms with Gasteiger partial charge in [0.25, 0.3) is 11.3 Å². The molecule has 112 valence electrons. The summed E-state index contributed by atoms with van der Waals surface area (Å²) in [7, 11) is 0. The van der Waals surface area contributed by atoms with Crippen LogP contribution < -0.4 is 11.3 Å². The van der Waals surface area contributed by atoms with Crippen molar-refractivity contribution in [3.05, 3.63) is 39.8 Å². The third-order valence-electron chi connectivity index (χ3n) is 3.03. The van der Waals surface area contributed by atoms with Gasteiger partial charge in [-0.3, -0.25) is 9.89 Å². The van der Waals surface area contributed by atoms with Crippen LogP contribution >= 0.6 is 12.2 Å². The molecule has 2 aromatic heterocycles. The lowest BCUT2D eigenvalue weighted by molar-refractivity contribution is 0.0517. The Bertz CT molecular complexity index is 975. The maximum Gasteiger partial charge on any atom is 0.362 e. The zero-order chi connectivity index (χ0) is 15.9. The van der Waals surface area contributed by atoms with Gasteiger partial charge in [0.1, 0.15) is 4.99 Å². The lowest BCUT2D eigenvalue weighted by atomic mass is 10.2. The Labute approximate surface area is 128 Å². The number of rotatable bonds is 3. The summed E-state index contributed by atoms with van der Waals surface area (Å²) in [6.45, 7) is 1.80. The number of aromatic amines is 1. The summed E-state index contributed by atoms with van der Waals surface area (Å²) in [6.07, 6.45) is 0. The van der Waals surface area contributed by atoms with Crippen LogP contribution in [0.5, 0.6) is 0 Å². The van der Waals surface area contributed by atoms with Crippen LogP contribution in [0.4, 0.5) is 0 Å². The van der Waals surface area contributed by atoms with Crippen molar-refractivity contribution in [1.82, 2.24) is 19.6 Å². The van der Waals surface area contributed by atoms with E-state index in [1.54, 1.807) is 25.1 Å². The van der Waals surface area contributed by atoms with Crippen molar-refractivity contribution >= 4 is 40.0 Å². The number of imidazole rings is 1. The lowest BCUT2D eigenvalue weighted by Gasteiger charge is -2.01. The number of H-pyrrole nitrogens is 1. The second-order valence-corrected chi connectivity index (χ2v) is 4.88. The van der Waals surface area contributed by atoms with E-state index in [2.05, 4.69) is 15.1 Å². The number of thiocarbonyl (C=S) groups is 1. The molecule has 0 fully saturated rings. The molecule has 0 amide bonds. The molecular formula is C13H11N5O3S. The van der Waals surface area contributed by atoms with Crippen LogP contribution in [0.1, 0.15) is 23.0 Å². The Morgan fingerprint density at radius 1 is 1.45 bits per heavy atom. The second-order valence-electron chi connectivity index (χ2n) is 4.44. The van der Waals surface area contributed by atoms with Crippen LogP contribution in [0.3, 0.4) is 0 Å². The normalized spacial score (nSPS) is 11.0. The molecule has 8 nitrogen and oxygen atoms in total. The number of carbonyl (C=O) groups is 1. The van der Waals surface area contributed by atoms with E-state index < -0.39 is 11.5 Å². The SMILES string of the molecule is CCOC(=O)c1nc2nc3ccc(C(N)=S)cc3n2[nH]c1=O. The molecule has 0 aliphatic rings. The van der Waals surface area contributed by atoms with Crippen molar-refractivity contribution in [2.45, 2.75) is 6.92 Å². The molecule has 0 unspecified atom stereocenters. The van der Waals surface area contributed by atoms with Gasteiger partial charge in [-0.25, -0.2) is 14.3 Å². The number of carbonyl (C=O) groups excluding carboxylic acids is 1. The quantitative estimate of drug-likeness (QED) is 0.530. The third kappa shape index (κ3) is 2.21. The topological polar surface area (TPSA) is 115 Å². The summed E-state index contributed by atoms with van der Waals surface area (Å²) in [4.78, 5) is 32.1. The first kappa shape index (κ1) is 14.1. The number of fused-ring (bicyclic) bond motifs is 3. The average molecular weight is 317 g/mol. The van der Waals surface area contributed by atoms with Crippen molar-refractivity contribution in [1.29, 1.82) is 0 Å². The summed E-state index contributed by atoms with van der Waals surface area (Å²) < 4.78 is 6.17. The number of aromatic nitrogens is 4. The summed E-state index contributed by atoms with van der Waals surface area (Å²) in [6, 6.07) is 5.13. The minimum absolute atomic E-state index is 0.152. The van der Waals surface area contributed by atoms with Gasteiger partial charge in [0.2, 0.25) is 5.69 Å². The van der Waals surface area contributed by atoms with E-state index in [0.717, 1.165) is 0 Å². The first-order chi connectivity index (χ1) is 10.5. The molecule has 0 saturated carbocycles. The van der Waals surface area contributed by atoms with Crippen LogP contribution in [-0.2, 0) is 4.74 Å². The molecule has 0 saturated heterocycles. The smallest absolute Gasteiger partial charge is 0.362 e. The average Bonchev–Trinajstić information content (AvgIpc) is 2.83. The van der Waals surface area contributed by atoms with E-state index in [1.165, 1.54) is 4.52 Å². The predicted molar refractivity (Wildman–Crippen MR) is 83.0 cm³/mol. The van der Waals surface area contributed by atoms with Gasteiger partial charge in [0.05, 0.1) is 17.6 Å². The molecule has 0 aliphatic heterocycles. The maximum absolute atomic E-state index is 12.0. The highest BCUT2D eigenvalue weighted by molar-refractivity contribution is 7.80. The minimum Gasteiger partial charge on any atom is -0.461 e. The van der Waals surface area contributed by atoms with Crippen molar-refractivity contribution in [2.75, 3.05) is 6.61 Å². The van der Waals surface area contributed by atoms with E-state index in [0.29, 0.717) is 16.6 Å². The second kappa shape index (κ2) is 5.19. The van der Waals surface area contributed by atoms with Gasteiger partial charge in [-0.1, -0.05) is 12.2 Å². The number of hydrogen-bond donors (Lipinski definition) is 2. The molecular weight excluding hydrogens is 306 g/mol. The molecule has 0 spiro atoms. The van der Waals surface area contributed by atoms with Gasteiger partial charge in [-0.2, -0.15) is 4.98 Å². The zero-order valence-corrected chi connectivity index (χ0v) is 12.3. The number of hydrogen-bond acceptors (Lipinski definition) is 6. The van der Waals surface area contributed by atoms with E-state index in [9.17, 15) is 9.59 Å². The number of nitrogens with one attached hydrogen (secondary N) is 1. The fourth-order valence-electron chi connectivity index (χ4n) is 2.04. The molecule has 3 aromatic rings. The zero-order valence-electron chi connectivity index (χ0n) is 11.5. The van der Waals surface area contributed by atoms with Gasteiger partial charge >= 0.3 is 5.97 Å². The molecule has 9 heteroatoms. The lowest BCUT2D eigenvalue weighted by Crippen LogP contribution is -2.24. The predicted octanol–water partition coefficient (Wildman–Crippen LogP) is 0.382. The fourth-order valence-corrected chi connectivity index (χ4v) is 2.17. The largest absolute Gasteiger partial charge is 0.461 e. The Morgan fingerprint density at radius 2 is 2.23 bits per heavy atom. The minimum atomic E-state index is -0.790. The van der Waals surface area contributed by atoms with Crippen molar-refractivity contribution < 1.29 is 9.53 Å². The molecule has 0 radical (unpaired) electrons. The highest BCUT2D eigenvalue weighted by atomic mass is 32.1.